The van der Waals surface area contributed by atoms with Gasteiger partial charge in [0.1, 0.15) is 5.82 Å². The fraction of sp³-hybridized carbons (Fsp3) is 0.160. The number of pyridine rings is 1. The molecular formula is C25H24N4O2. The first-order chi connectivity index (χ1) is 15.3. The first kappa shape index (κ1) is 20.7. The van der Waals surface area contributed by atoms with Crippen molar-refractivity contribution in [2.24, 2.45) is 0 Å². The Balaban J connectivity index is 1.73. The van der Waals surface area contributed by atoms with Crippen LogP contribution < -0.4 is 5.32 Å². The number of anilines is 1. The molecule has 0 fully saturated rings. The van der Waals surface area contributed by atoms with Gasteiger partial charge in [-0.15, -0.1) is 0 Å². The van der Waals surface area contributed by atoms with Crippen LogP contribution in [0.1, 0.15) is 0 Å². The van der Waals surface area contributed by atoms with E-state index in [1.165, 1.54) is 0 Å². The highest BCUT2D eigenvalue weighted by atomic mass is 16.7. The second-order valence-electron chi connectivity index (χ2n) is 6.94. The number of nitrogens with one attached hydrogen (secondary N) is 1. The highest BCUT2D eigenvalue weighted by molar-refractivity contribution is 5.72. The fourth-order valence-corrected chi connectivity index (χ4v) is 3.22. The third-order valence-corrected chi connectivity index (χ3v) is 4.87. The maximum absolute atomic E-state index is 5.28. The van der Waals surface area contributed by atoms with Gasteiger partial charge in [0.05, 0.1) is 12.2 Å². The summed E-state index contributed by atoms with van der Waals surface area (Å²) < 4.78 is 10.6. The van der Waals surface area contributed by atoms with E-state index in [1.807, 2.05) is 67.0 Å². The summed E-state index contributed by atoms with van der Waals surface area (Å²) in [6.45, 7) is 0.458. The van der Waals surface area contributed by atoms with E-state index in [0.29, 0.717) is 18.2 Å². The van der Waals surface area contributed by atoms with E-state index < -0.39 is 0 Å². The summed E-state index contributed by atoms with van der Waals surface area (Å²) in [7, 11) is 3.22. The largest absolute Gasteiger partial charge is 0.365 e. The second-order valence-corrected chi connectivity index (χ2v) is 6.94. The first-order valence-electron chi connectivity index (χ1n) is 10.0. The molecule has 0 saturated heterocycles. The lowest BCUT2D eigenvalue weighted by Gasteiger charge is -2.15. The van der Waals surface area contributed by atoms with Gasteiger partial charge in [-0.3, -0.25) is 4.98 Å². The molecule has 0 atom stereocenters. The predicted molar refractivity (Wildman–Crippen MR) is 122 cm³/mol. The van der Waals surface area contributed by atoms with Gasteiger partial charge in [-0.05, 0) is 11.6 Å². The van der Waals surface area contributed by atoms with Gasteiger partial charge in [0.15, 0.2) is 12.1 Å². The molecule has 6 nitrogen and oxygen atoms in total. The molecule has 0 bridgehead atoms. The van der Waals surface area contributed by atoms with Crippen LogP contribution in [-0.4, -0.2) is 42.0 Å². The predicted octanol–water partition coefficient (Wildman–Crippen LogP) is 4.90. The van der Waals surface area contributed by atoms with Crippen molar-refractivity contribution >= 4 is 5.82 Å². The molecule has 0 aliphatic rings. The minimum atomic E-state index is -0.373. The number of methoxy groups -OCH3 is 2. The molecule has 0 aliphatic heterocycles. The van der Waals surface area contributed by atoms with Gasteiger partial charge in [0.25, 0.3) is 0 Å². The van der Waals surface area contributed by atoms with Crippen molar-refractivity contribution in [3.63, 3.8) is 0 Å². The van der Waals surface area contributed by atoms with E-state index in [-0.39, 0.29) is 6.29 Å². The standard InChI is InChI=1S/C25H24N4O2/c1-30-24(31-2)17-27-23-14-22(28-25(29-23)19-11-7-4-8-12-19)21-13-20(15-26-16-21)18-9-5-3-6-10-18/h3-16,24H,17H2,1-2H3,(H,27,28,29). The van der Waals surface area contributed by atoms with Crippen LogP contribution in [0.5, 0.6) is 0 Å². The molecule has 31 heavy (non-hydrogen) atoms. The van der Waals surface area contributed by atoms with Crippen molar-refractivity contribution in [3.05, 3.63) is 85.2 Å². The molecular weight excluding hydrogens is 388 g/mol. The summed E-state index contributed by atoms with van der Waals surface area (Å²) in [6, 6.07) is 24.1. The zero-order valence-corrected chi connectivity index (χ0v) is 17.5. The quantitative estimate of drug-likeness (QED) is 0.415. The van der Waals surface area contributed by atoms with Crippen molar-refractivity contribution in [3.8, 4) is 33.8 Å². The molecule has 0 aliphatic carbocycles. The van der Waals surface area contributed by atoms with E-state index >= 15 is 0 Å². The van der Waals surface area contributed by atoms with E-state index in [4.69, 9.17) is 19.4 Å². The Morgan fingerprint density at radius 1 is 0.742 bits per heavy atom. The number of ether oxygens (including phenoxy) is 2. The maximum Gasteiger partial charge on any atom is 0.173 e. The average molecular weight is 412 g/mol. The van der Waals surface area contributed by atoms with Crippen LogP contribution in [0.2, 0.25) is 0 Å². The maximum atomic E-state index is 5.28. The summed E-state index contributed by atoms with van der Waals surface area (Å²) in [5, 5.41) is 3.29. The summed E-state index contributed by atoms with van der Waals surface area (Å²) in [4.78, 5) is 14.0. The Morgan fingerprint density at radius 2 is 1.39 bits per heavy atom. The Morgan fingerprint density at radius 3 is 2.06 bits per heavy atom. The Bertz CT molecular complexity index is 1120. The van der Waals surface area contributed by atoms with Crippen LogP contribution in [0, 0.1) is 0 Å². The van der Waals surface area contributed by atoms with E-state index in [9.17, 15) is 0 Å². The van der Waals surface area contributed by atoms with Gasteiger partial charge in [0, 0.05) is 49.4 Å². The number of rotatable bonds is 8. The van der Waals surface area contributed by atoms with Crippen LogP contribution in [0.25, 0.3) is 33.8 Å². The molecule has 0 amide bonds. The minimum Gasteiger partial charge on any atom is -0.365 e. The zero-order chi connectivity index (χ0) is 21.5. The van der Waals surface area contributed by atoms with Gasteiger partial charge < -0.3 is 14.8 Å². The Kier molecular flexibility index (Phi) is 6.62. The third-order valence-electron chi connectivity index (χ3n) is 4.87. The van der Waals surface area contributed by atoms with Crippen LogP contribution in [0.3, 0.4) is 0 Å². The molecule has 0 unspecified atom stereocenters. The van der Waals surface area contributed by atoms with E-state index in [1.54, 1.807) is 14.2 Å². The molecule has 0 radical (unpaired) electrons. The van der Waals surface area contributed by atoms with Crippen LogP contribution in [-0.2, 0) is 9.47 Å². The lowest BCUT2D eigenvalue weighted by Crippen LogP contribution is -2.24. The highest BCUT2D eigenvalue weighted by Crippen LogP contribution is 2.27. The van der Waals surface area contributed by atoms with Crippen molar-refractivity contribution < 1.29 is 9.47 Å². The van der Waals surface area contributed by atoms with Crippen LogP contribution in [0.4, 0.5) is 5.82 Å². The highest BCUT2D eigenvalue weighted by Gasteiger charge is 2.12. The zero-order valence-electron chi connectivity index (χ0n) is 17.5. The van der Waals surface area contributed by atoms with Gasteiger partial charge in [0.2, 0.25) is 0 Å². The summed E-state index contributed by atoms with van der Waals surface area (Å²) >= 11 is 0. The average Bonchev–Trinajstić information content (AvgIpc) is 2.86. The molecule has 0 spiro atoms. The summed E-state index contributed by atoms with van der Waals surface area (Å²) in [6.07, 6.45) is 3.31. The normalized spacial score (nSPS) is 10.9. The van der Waals surface area contributed by atoms with Crippen LogP contribution >= 0.6 is 0 Å². The van der Waals surface area contributed by atoms with Gasteiger partial charge >= 0.3 is 0 Å². The van der Waals surface area contributed by atoms with E-state index in [0.717, 1.165) is 27.9 Å². The first-order valence-corrected chi connectivity index (χ1v) is 10.0. The molecule has 2 aromatic carbocycles. The third kappa shape index (κ3) is 5.12. The van der Waals surface area contributed by atoms with Crippen molar-refractivity contribution in [1.82, 2.24) is 15.0 Å². The van der Waals surface area contributed by atoms with Crippen LogP contribution in [0.15, 0.2) is 85.2 Å². The van der Waals surface area contributed by atoms with Gasteiger partial charge in [-0.1, -0.05) is 60.7 Å². The number of hydrogen-bond acceptors (Lipinski definition) is 6. The fourth-order valence-electron chi connectivity index (χ4n) is 3.22. The van der Waals surface area contributed by atoms with Crippen molar-refractivity contribution in [1.29, 1.82) is 0 Å². The number of hydrogen-bond donors (Lipinski definition) is 1. The lowest BCUT2D eigenvalue weighted by atomic mass is 10.0. The number of aromatic nitrogens is 3. The van der Waals surface area contributed by atoms with Gasteiger partial charge in [-0.2, -0.15) is 0 Å². The molecule has 4 rings (SSSR count). The SMILES string of the molecule is COC(CNc1cc(-c2cncc(-c3ccccc3)c2)nc(-c2ccccc2)n1)OC. The molecule has 0 saturated carbocycles. The van der Waals surface area contributed by atoms with Gasteiger partial charge in [-0.25, -0.2) is 9.97 Å². The molecule has 1 N–H and O–H groups in total. The minimum absolute atomic E-state index is 0.373. The molecule has 2 heterocycles. The van der Waals surface area contributed by atoms with Crippen molar-refractivity contribution in [2.45, 2.75) is 6.29 Å². The van der Waals surface area contributed by atoms with E-state index in [2.05, 4.69) is 28.5 Å². The Hall–Kier alpha value is -3.61. The lowest BCUT2D eigenvalue weighted by molar-refractivity contribution is -0.0914. The Labute approximate surface area is 181 Å². The smallest absolute Gasteiger partial charge is 0.173 e. The number of benzene rings is 2. The topological polar surface area (TPSA) is 69.2 Å². The molecule has 2 aromatic heterocycles. The summed E-state index contributed by atoms with van der Waals surface area (Å²) in [5.41, 5.74) is 4.78. The molecule has 6 heteroatoms. The second kappa shape index (κ2) is 9.93. The molecule has 156 valence electrons. The molecule has 4 aromatic rings. The number of nitrogens with zero attached hydrogens (tertiary/aromatic N) is 3. The van der Waals surface area contributed by atoms with Crippen molar-refractivity contribution in [2.75, 3.05) is 26.1 Å². The summed E-state index contributed by atoms with van der Waals surface area (Å²) in [5.74, 6) is 1.32. The monoisotopic (exact) mass is 412 g/mol.